The molecule has 0 spiro atoms. The molecule has 5 N–H and O–H groups in total. The van der Waals surface area contributed by atoms with E-state index in [2.05, 4.69) is 30.3 Å². The lowest BCUT2D eigenvalue weighted by atomic mass is 9.87. The molecule has 1 amide bonds. The Morgan fingerprint density at radius 2 is 2.11 bits per heavy atom. The van der Waals surface area contributed by atoms with Crippen LogP contribution in [0.3, 0.4) is 0 Å². The summed E-state index contributed by atoms with van der Waals surface area (Å²) in [6, 6.07) is 6.00. The van der Waals surface area contributed by atoms with Gasteiger partial charge in [0, 0.05) is 17.3 Å². The van der Waals surface area contributed by atoms with Gasteiger partial charge in [0.2, 0.25) is 0 Å². The van der Waals surface area contributed by atoms with Gasteiger partial charge in [-0.3, -0.25) is 13.9 Å². The van der Waals surface area contributed by atoms with Crippen molar-refractivity contribution in [2.75, 3.05) is 5.75 Å². The van der Waals surface area contributed by atoms with Crippen molar-refractivity contribution >= 4 is 38.7 Å². The molecule has 0 radical (unpaired) electrons. The minimum Gasteiger partial charge on any atom is -0.366 e. The minimum absolute atomic E-state index is 0.105. The average Bonchev–Trinajstić information content (AvgIpc) is 3.30. The molecule has 0 bridgehead atoms. The van der Waals surface area contributed by atoms with Crippen LogP contribution in [0.2, 0.25) is 0 Å². The van der Waals surface area contributed by atoms with Gasteiger partial charge in [0.05, 0.1) is 16.3 Å². The fourth-order valence-electron chi connectivity index (χ4n) is 4.39. The molecule has 2 atom stereocenters. The van der Waals surface area contributed by atoms with Crippen LogP contribution in [0.4, 0.5) is 0 Å². The smallest absolute Gasteiger partial charge is 0.250 e. The molecule has 0 saturated carbocycles. The third-order valence-corrected chi connectivity index (χ3v) is 9.12. The van der Waals surface area contributed by atoms with Crippen LogP contribution in [-0.4, -0.2) is 31.0 Å². The maximum atomic E-state index is 12.1. The Labute approximate surface area is 170 Å². The first-order valence-electron chi connectivity index (χ1n) is 9.50. The van der Waals surface area contributed by atoms with Crippen LogP contribution in [0.5, 0.6) is 0 Å². The van der Waals surface area contributed by atoms with E-state index in [4.69, 9.17) is 5.73 Å². The number of benzene rings is 1. The molecule has 5 nitrogen and oxygen atoms in total. The Balaban J connectivity index is 1.81. The van der Waals surface area contributed by atoms with Gasteiger partial charge in [-0.1, -0.05) is 13.8 Å². The lowest BCUT2D eigenvalue weighted by Crippen LogP contribution is -2.32. The van der Waals surface area contributed by atoms with Gasteiger partial charge in [-0.05, 0) is 70.3 Å². The van der Waals surface area contributed by atoms with Crippen molar-refractivity contribution in [3.63, 3.8) is 0 Å². The zero-order chi connectivity index (χ0) is 20.1. The summed E-state index contributed by atoms with van der Waals surface area (Å²) in [6.07, 6.45) is 3.43. The summed E-state index contributed by atoms with van der Waals surface area (Å²) in [5.74, 6) is 0.411. The highest BCUT2D eigenvalue weighted by Crippen LogP contribution is 2.56. The van der Waals surface area contributed by atoms with Crippen molar-refractivity contribution in [2.24, 2.45) is 11.7 Å². The summed E-state index contributed by atoms with van der Waals surface area (Å²) in [4.78, 5) is 15.3. The SMILES string of the molecule is CC(C)[C@@H]1C[C@H](c2c[nH]c3c(C(N)=O)cc(-c4ccsc4)cc23)CCS1(O)O. The molecule has 0 aliphatic carbocycles. The molecule has 1 fully saturated rings. The number of hydrogen-bond donors (Lipinski definition) is 4. The van der Waals surface area contributed by atoms with Crippen molar-refractivity contribution < 1.29 is 13.9 Å². The Kier molecular flexibility index (Phi) is 5.03. The number of hydrogen-bond acceptors (Lipinski definition) is 4. The normalized spacial score (nSPS) is 23.2. The third kappa shape index (κ3) is 3.37. The summed E-state index contributed by atoms with van der Waals surface area (Å²) in [5.41, 5.74) is 10.1. The van der Waals surface area contributed by atoms with Crippen molar-refractivity contribution in [3.05, 3.63) is 46.3 Å². The van der Waals surface area contributed by atoms with E-state index >= 15 is 0 Å². The van der Waals surface area contributed by atoms with E-state index in [-0.39, 0.29) is 17.1 Å². The molecule has 4 rings (SSSR count). The summed E-state index contributed by atoms with van der Waals surface area (Å²) in [6.45, 7) is 4.10. The molecule has 28 heavy (non-hydrogen) atoms. The predicted octanol–water partition coefficient (Wildman–Crippen LogP) is 5.65. The molecule has 0 unspecified atom stereocenters. The quantitative estimate of drug-likeness (QED) is 0.440. The highest BCUT2D eigenvalue weighted by Gasteiger charge is 2.37. The summed E-state index contributed by atoms with van der Waals surface area (Å²) < 4.78 is 21.0. The summed E-state index contributed by atoms with van der Waals surface area (Å²) >= 11 is 1.61. The Bertz CT molecular complexity index is 1010. The number of rotatable bonds is 4. The first-order valence-corrected chi connectivity index (χ1v) is 12.2. The number of nitrogens with one attached hydrogen (secondary N) is 1. The molecule has 150 valence electrons. The number of amides is 1. The molecule has 1 saturated heterocycles. The molecule has 3 aromatic rings. The molecule has 1 aromatic carbocycles. The zero-order valence-corrected chi connectivity index (χ0v) is 17.6. The van der Waals surface area contributed by atoms with Gasteiger partial charge >= 0.3 is 0 Å². The first kappa shape index (κ1) is 19.5. The van der Waals surface area contributed by atoms with Gasteiger partial charge in [0.1, 0.15) is 0 Å². The summed E-state index contributed by atoms with van der Waals surface area (Å²) in [7, 11) is -2.55. The second kappa shape index (κ2) is 7.22. The van der Waals surface area contributed by atoms with E-state index in [1.165, 1.54) is 0 Å². The van der Waals surface area contributed by atoms with E-state index in [0.717, 1.165) is 40.4 Å². The Hall–Kier alpha value is -1.80. The number of H-pyrrole nitrogens is 1. The number of aromatic nitrogens is 1. The van der Waals surface area contributed by atoms with E-state index in [9.17, 15) is 13.9 Å². The van der Waals surface area contributed by atoms with Gasteiger partial charge in [-0.25, -0.2) is 0 Å². The Morgan fingerprint density at radius 1 is 1.32 bits per heavy atom. The number of carbonyl (C=O) groups is 1. The predicted molar refractivity (Wildman–Crippen MR) is 118 cm³/mol. The highest BCUT2D eigenvalue weighted by molar-refractivity contribution is 8.24. The standard InChI is InChI=1S/C21H26N2O3S2/c1-12(2)19-9-13(4-6-28(19,25)26)18-10-23-20-16(18)7-15(8-17(20)21(22)24)14-3-5-27-11-14/h3,5,7-8,10-13,19,23,25-26H,4,6,9H2,1-2H3,(H2,22,24)/t13-,19+/m1/s1. The number of nitrogens with two attached hydrogens (primary N) is 1. The van der Waals surface area contributed by atoms with Gasteiger partial charge in [-0.15, -0.1) is 0 Å². The summed E-state index contributed by atoms with van der Waals surface area (Å²) in [5, 5.41) is 4.97. The monoisotopic (exact) mass is 418 g/mol. The van der Waals surface area contributed by atoms with Gasteiger partial charge in [-0.2, -0.15) is 21.9 Å². The molecule has 2 aromatic heterocycles. The van der Waals surface area contributed by atoms with Crippen LogP contribution < -0.4 is 5.73 Å². The van der Waals surface area contributed by atoms with Gasteiger partial charge < -0.3 is 10.7 Å². The number of fused-ring (bicyclic) bond motifs is 1. The highest BCUT2D eigenvalue weighted by atomic mass is 32.3. The van der Waals surface area contributed by atoms with Crippen molar-refractivity contribution in [1.29, 1.82) is 0 Å². The maximum Gasteiger partial charge on any atom is 0.250 e. The first-order chi connectivity index (χ1) is 13.3. The van der Waals surface area contributed by atoms with Crippen LogP contribution in [0.1, 0.15) is 48.5 Å². The van der Waals surface area contributed by atoms with Crippen LogP contribution in [0.25, 0.3) is 22.0 Å². The fourth-order valence-corrected chi connectivity index (χ4v) is 7.40. The average molecular weight is 419 g/mol. The minimum atomic E-state index is -2.55. The van der Waals surface area contributed by atoms with Crippen LogP contribution in [-0.2, 0) is 0 Å². The van der Waals surface area contributed by atoms with Crippen molar-refractivity contribution in [2.45, 2.75) is 37.9 Å². The molecular weight excluding hydrogens is 392 g/mol. The number of carbonyl (C=O) groups excluding carboxylic acids is 1. The molecular formula is C21H26N2O3S2. The van der Waals surface area contributed by atoms with E-state index in [1.54, 1.807) is 11.3 Å². The number of aromatic amines is 1. The second-order valence-corrected chi connectivity index (χ2v) is 11.2. The molecule has 3 heterocycles. The topological polar surface area (TPSA) is 99.3 Å². The largest absolute Gasteiger partial charge is 0.366 e. The Morgan fingerprint density at radius 3 is 2.75 bits per heavy atom. The van der Waals surface area contributed by atoms with Crippen molar-refractivity contribution in [3.8, 4) is 11.1 Å². The van der Waals surface area contributed by atoms with Crippen LogP contribution in [0, 0.1) is 5.92 Å². The van der Waals surface area contributed by atoms with Gasteiger partial charge in [0.25, 0.3) is 5.91 Å². The molecule has 1 aliphatic rings. The number of primary amides is 1. The maximum absolute atomic E-state index is 12.1. The van der Waals surface area contributed by atoms with Crippen LogP contribution in [0.15, 0.2) is 35.2 Å². The van der Waals surface area contributed by atoms with E-state index in [1.807, 2.05) is 23.7 Å². The van der Waals surface area contributed by atoms with E-state index in [0.29, 0.717) is 11.3 Å². The number of thiophene rings is 1. The van der Waals surface area contributed by atoms with E-state index < -0.39 is 16.5 Å². The third-order valence-electron chi connectivity index (χ3n) is 5.89. The van der Waals surface area contributed by atoms with Crippen LogP contribution >= 0.6 is 21.9 Å². The molecule has 1 aliphatic heterocycles. The van der Waals surface area contributed by atoms with Crippen molar-refractivity contribution in [1.82, 2.24) is 4.98 Å². The van der Waals surface area contributed by atoms with Gasteiger partial charge in [0.15, 0.2) is 0 Å². The zero-order valence-electron chi connectivity index (χ0n) is 16.0. The lowest BCUT2D eigenvalue weighted by Gasteiger charge is -2.48. The second-order valence-electron chi connectivity index (χ2n) is 7.99. The molecule has 7 heteroatoms. The lowest BCUT2D eigenvalue weighted by molar-refractivity contribution is 0.100. The fraction of sp³-hybridized carbons (Fsp3) is 0.381.